The van der Waals surface area contributed by atoms with E-state index in [0.717, 1.165) is 6.20 Å². The van der Waals surface area contributed by atoms with Crippen LogP contribution in [-0.2, 0) is 0 Å². The molecule has 0 bridgehead atoms. The van der Waals surface area contributed by atoms with Crippen LogP contribution >= 0.6 is 11.8 Å². The smallest absolute Gasteiger partial charge is 0.341 e. The van der Waals surface area contributed by atoms with E-state index in [1.165, 1.54) is 11.8 Å². The van der Waals surface area contributed by atoms with E-state index in [1.807, 2.05) is 0 Å². The summed E-state index contributed by atoms with van der Waals surface area (Å²) in [6.45, 7) is 0. The van der Waals surface area contributed by atoms with Crippen LogP contribution < -0.4 is 11.0 Å². The summed E-state index contributed by atoms with van der Waals surface area (Å²) in [6, 6.07) is 0. The number of hydrogen-bond donors (Lipinski definition) is 3. The van der Waals surface area contributed by atoms with Crippen LogP contribution in [0.15, 0.2) is 20.9 Å². The molecule has 0 spiro atoms. The highest BCUT2D eigenvalue weighted by Gasteiger charge is 2.15. The third kappa shape index (κ3) is 1.82. The van der Waals surface area contributed by atoms with Crippen molar-refractivity contribution in [2.45, 2.75) is 5.16 Å². The molecule has 0 aliphatic heterocycles. The standard InChI is InChI=1S/C9H7N3O4S/c1-17-9-11-6-4(7(14)12-9)5(13)3(2-10-6)8(15)16/h2H,1H3,(H,15,16)(H2,10,11,12,13,14). The van der Waals surface area contributed by atoms with E-state index in [-0.39, 0.29) is 11.0 Å². The summed E-state index contributed by atoms with van der Waals surface area (Å²) in [6.07, 6.45) is 2.75. The molecule has 0 aliphatic rings. The molecule has 0 atom stereocenters. The van der Waals surface area contributed by atoms with Crippen molar-refractivity contribution in [3.05, 3.63) is 32.3 Å². The maximum Gasteiger partial charge on any atom is 0.341 e. The highest BCUT2D eigenvalue weighted by Crippen LogP contribution is 2.08. The predicted molar refractivity (Wildman–Crippen MR) is 61.7 cm³/mol. The summed E-state index contributed by atoms with van der Waals surface area (Å²) in [4.78, 5) is 43.0. The predicted octanol–water partition coefficient (Wildman–Crippen LogP) is 0.0315. The summed E-state index contributed by atoms with van der Waals surface area (Å²) in [5, 5.41) is 8.83. The zero-order valence-corrected chi connectivity index (χ0v) is 9.42. The molecule has 2 aromatic rings. The first-order chi connectivity index (χ1) is 8.04. The minimum atomic E-state index is -1.39. The molecule has 0 aromatic carbocycles. The highest BCUT2D eigenvalue weighted by molar-refractivity contribution is 7.98. The lowest BCUT2D eigenvalue weighted by molar-refractivity contribution is 0.0695. The molecule has 0 aliphatic carbocycles. The van der Waals surface area contributed by atoms with Gasteiger partial charge in [0, 0.05) is 6.20 Å². The fourth-order valence-electron chi connectivity index (χ4n) is 1.36. The van der Waals surface area contributed by atoms with Crippen LogP contribution in [0.2, 0.25) is 0 Å². The Bertz CT molecular complexity index is 718. The van der Waals surface area contributed by atoms with Gasteiger partial charge in [-0.05, 0) is 6.26 Å². The van der Waals surface area contributed by atoms with Gasteiger partial charge < -0.3 is 15.1 Å². The van der Waals surface area contributed by atoms with Gasteiger partial charge in [-0.1, -0.05) is 11.8 Å². The number of carbonyl (C=O) groups is 1. The van der Waals surface area contributed by atoms with Gasteiger partial charge in [0.25, 0.3) is 5.56 Å². The quantitative estimate of drug-likeness (QED) is 0.513. The number of fused-ring (bicyclic) bond motifs is 1. The molecule has 0 saturated heterocycles. The Labute approximate surface area is 97.9 Å². The molecular weight excluding hydrogens is 246 g/mol. The largest absolute Gasteiger partial charge is 0.477 e. The molecule has 2 heterocycles. The SMILES string of the molecule is CSc1nc2[nH]cc(C(=O)O)c(=O)c2c(=O)[nH]1. The summed E-state index contributed by atoms with van der Waals surface area (Å²) in [5.41, 5.74) is -1.90. The van der Waals surface area contributed by atoms with Gasteiger partial charge in [-0.15, -0.1) is 0 Å². The van der Waals surface area contributed by atoms with Crippen LogP contribution in [0.3, 0.4) is 0 Å². The number of aromatic amines is 2. The molecule has 0 unspecified atom stereocenters. The van der Waals surface area contributed by atoms with Crippen molar-refractivity contribution < 1.29 is 9.90 Å². The van der Waals surface area contributed by atoms with E-state index in [0.29, 0.717) is 5.16 Å². The Kier molecular flexibility index (Phi) is 2.72. The zero-order valence-electron chi connectivity index (χ0n) is 8.60. The Hall–Kier alpha value is -2.09. The maximum atomic E-state index is 11.7. The molecule has 0 saturated carbocycles. The van der Waals surface area contributed by atoms with Gasteiger partial charge in [0.2, 0.25) is 5.43 Å². The number of carboxylic acids is 1. The molecular formula is C9H7N3O4S. The topological polar surface area (TPSA) is 116 Å². The van der Waals surface area contributed by atoms with Gasteiger partial charge >= 0.3 is 5.97 Å². The molecule has 17 heavy (non-hydrogen) atoms. The first-order valence-electron chi connectivity index (χ1n) is 4.47. The summed E-state index contributed by atoms with van der Waals surface area (Å²) >= 11 is 1.21. The third-order valence-corrected chi connectivity index (χ3v) is 2.73. The number of pyridine rings is 1. The molecule has 7 nitrogen and oxygen atoms in total. The van der Waals surface area contributed by atoms with Gasteiger partial charge in [0.05, 0.1) is 0 Å². The Morgan fingerprint density at radius 3 is 2.76 bits per heavy atom. The average molecular weight is 253 g/mol. The monoisotopic (exact) mass is 253 g/mol. The van der Waals surface area contributed by atoms with Crippen LogP contribution in [0.25, 0.3) is 11.0 Å². The second-order valence-electron chi connectivity index (χ2n) is 3.14. The van der Waals surface area contributed by atoms with Crippen molar-refractivity contribution in [2.24, 2.45) is 0 Å². The van der Waals surface area contributed by atoms with E-state index in [1.54, 1.807) is 6.26 Å². The van der Waals surface area contributed by atoms with Gasteiger partial charge in [0.1, 0.15) is 16.6 Å². The number of nitrogens with one attached hydrogen (secondary N) is 2. The number of carboxylic acid groups (broad SMARTS) is 1. The first kappa shape index (κ1) is 11.4. The van der Waals surface area contributed by atoms with Crippen LogP contribution in [0.4, 0.5) is 0 Å². The summed E-state index contributed by atoms with van der Waals surface area (Å²) < 4.78 is 0. The molecule has 2 aromatic heterocycles. The number of hydrogen-bond acceptors (Lipinski definition) is 5. The second kappa shape index (κ2) is 4.06. The van der Waals surface area contributed by atoms with Gasteiger partial charge in [-0.3, -0.25) is 9.59 Å². The molecule has 88 valence electrons. The molecule has 0 fully saturated rings. The van der Waals surface area contributed by atoms with Crippen molar-refractivity contribution in [1.29, 1.82) is 0 Å². The lowest BCUT2D eigenvalue weighted by Gasteiger charge is -2.00. The van der Waals surface area contributed by atoms with Crippen LogP contribution in [0.1, 0.15) is 10.4 Å². The molecule has 2 rings (SSSR count). The minimum Gasteiger partial charge on any atom is -0.477 e. The number of nitrogens with zero attached hydrogens (tertiary/aromatic N) is 1. The van der Waals surface area contributed by atoms with E-state index in [2.05, 4.69) is 15.0 Å². The average Bonchev–Trinajstić information content (AvgIpc) is 2.28. The second-order valence-corrected chi connectivity index (χ2v) is 3.93. The number of thioether (sulfide) groups is 1. The number of aromatic carboxylic acids is 1. The first-order valence-corrected chi connectivity index (χ1v) is 5.70. The number of H-pyrrole nitrogens is 2. The highest BCUT2D eigenvalue weighted by atomic mass is 32.2. The maximum absolute atomic E-state index is 11.7. The zero-order chi connectivity index (χ0) is 12.6. The van der Waals surface area contributed by atoms with Crippen molar-refractivity contribution in [3.8, 4) is 0 Å². The van der Waals surface area contributed by atoms with Crippen molar-refractivity contribution in [3.63, 3.8) is 0 Å². The van der Waals surface area contributed by atoms with Crippen LogP contribution in [-0.4, -0.2) is 32.3 Å². The fraction of sp³-hybridized carbons (Fsp3) is 0.111. The molecule has 0 radical (unpaired) electrons. The van der Waals surface area contributed by atoms with Crippen molar-refractivity contribution >= 4 is 28.8 Å². The van der Waals surface area contributed by atoms with Crippen molar-refractivity contribution in [1.82, 2.24) is 15.0 Å². The molecule has 0 amide bonds. The Morgan fingerprint density at radius 2 is 2.18 bits per heavy atom. The van der Waals surface area contributed by atoms with Crippen molar-refractivity contribution in [2.75, 3.05) is 6.26 Å². The summed E-state index contributed by atoms with van der Waals surface area (Å²) in [7, 11) is 0. The number of rotatable bonds is 2. The van der Waals surface area contributed by atoms with Crippen LogP contribution in [0, 0.1) is 0 Å². The Morgan fingerprint density at radius 1 is 1.47 bits per heavy atom. The van der Waals surface area contributed by atoms with Crippen LogP contribution in [0.5, 0.6) is 0 Å². The lowest BCUT2D eigenvalue weighted by atomic mass is 10.2. The Balaban J connectivity index is 2.93. The van der Waals surface area contributed by atoms with Gasteiger partial charge in [-0.25, -0.2) is 9.78 Å². The van der Waals surface area contributed by atoms with E-state index >= 15 is 0 Å². The molecule has 8 heteroatoms. The lowest BCUT2D eigenvalue weighted by Crippen LogP contribution is -2.23. The fourth-order valence-corrected chi connectivity index (χ4v) is 1.74. The van der Waals surface area contributed by atoms with E-state index < -0.39 is 22.5 Å². The third-order valence-electron chi connectivity index (χ3n) is 2.15. The normalized spacial score (nSPS) is 10.6. The van der Waals surface area contributed by atoms with E-state index in [9.17, 15) is 14.4 Å². The van der Waals surface area contributed by atoms with E-state index in [4.69, 9.17) is 5.11 Å². The van der Waals surface area contributed by atoms with Gasteiger partial charge in [0.15, 0.2) is 5.16 Å². The summed E-state index contributed by atoms with van der Waals surface area (Å²) in [5.74, 6) is -1.39. The molecule has 3 N–H and O–H groups in total. The number of aromatic nitrogens is 3. The van der Waals surface area contributed by atoms with Gasteiger partial charge in [-0.2, -0.15) is 0 Å². The minimum absolute atomic E-state index is 0.0769.